The highest BCUT2D eigenvalue weighted by Crippen LogP contribution is 2.42. The molecular weight excluding hydrogens is 342 g/mol. The van der Waals surface area contributed by atoms with Crippen LogP contribution in [0.25, 0.3) is 0 Å². The normalized spacial score (nSPS) is 18.6. The summed E-state index contributed by atoms with van der Waals surface area (Å²) in [5.41, 5.74) is 1.41. The van der Waals surface area contributed by atoms with Crippen molar-refractivity contribution < 1.29 is 24.2 Å². The van der Waals surface area contributed by atoms with Gasteiger partial charge in [-0.15, -0.1) is 0 Å². The number of fused-ring (bicyclic) bond motifs is 2. The third kappa shape index (κ3) is 3.02. The molecule has 2 aromatic rings. The first-order valence-corrected chi connectivity index (χ1v) is 8.60. The molecule has 0 aliphatic carbocycles. The molecule has 1 atom stereocenters. The van der Waals surface area contributed by atoms with Gasteiger partial charge in [0.25, 0.3) is 0 Å². The average molecular weight is 357 g/mol. The van der Waals surface area contributed by atoms with Crippen molar-refractivity contribution in [3.05, 3.63) is 48.0 Å². The van der Waals surface area contributed by atoms with E-state index in [0.29, 0.717) is 17.1 Å². The maximum atomic E-state index is 12.6. The van der Waals surface area contributed by atoms with Gasteiger partial charge in [0.1, 0.15) is 0 Å². The van der Waals surface area contributed by atoms with Crippen molar-refractivity contribution in [3.63, 3.8) is 0 Å². The number of carbonyl (C=O) groups excluding carboxylic acids is 1. The van der Waals surface area contributed by atoms with Crippen molar-refractivity contribution in [2.75, 3.05) is 11.1 Å². The van der Waals surface area contributed by atoms with Gasteiger partial charge in [-0.05, 0) is 30.1 Å². The van der Waals surface area contributed by atoms with Gasteiger partial charge in [0, 0.05) is 22.9 Å². The number of anilines is 1. The Bertz CT molecular complexity index is 853. The summed E-state index contributed by atoms with van der Waals surface area (Å²) in [6.07, 6.45) is 0.0198. The lowest BCUT2D eigenvalue weighted by atomic mass is 10.0. The molecule has 7 heteroatoms. The number of hydrogen-bond acceptors (Lipinski definition) is 6. The van der Waals surface area contributed by atoms with Gasteiger partial charge in [-0.3, -0.25) is 9.59 Å². The summed E-state index contributed by atoms with van der Waals surface area (Å²) in [5, 5.41) is 9.29. The summed E-state index contributed by atoms with van der Waals surface area (Å²) < 4.78 is 12.6. The number of hydrogen-bond donors (Lipinski definition) is 1. The van der Waals surface area contributed by atoms with Gasteiger partial charge in [-0.2, -0.15) is 0 Å². The van der Waals surface area contributed by atoms with E-state index in [1.54, 1.807) is 12.1 Å². The number of aliphatic carboxylic acids is 1. The molecular formula is C18H15NO5S. The van der Waals surface area contributed by atoms with E-state index in [0.717, 1.165) is 10.6 Å². The van der Waals surface area contributed by atoms with E-state index in [9.17, 15) is 14.7 Å². The van der Waals surface area contributed by atoms with Crippen LogP contribution in [0.1, 0.15) is 23.2 Å². The molecule has 1 N–H and O–H groups in total. The summed E-state index contributed by atoms with van der Waals surface area (Å²) in [4.78, 5) is 24.7. The van der Waals surface area contributed by atoms with Gasteiger partial charge in [0.15, 0.2) is 17.3 Å². The Morgan fingerprint density at radius 1 is 1.20 bits per heavy atom. The van der Waals surface area contributed by atoms with E-state index in [-0.39, 0.29) is 25.4 Å². The number of carbonyl (C=O) groups is 2. The van der Waals surface area contributed by atoms with Gasteiger partial charge >= 0.3 is 5.97 Å². The van der Waals surface area contributed by atoms with Gasteiger partial charge in [0.2, 0.25) is 6.79 Å². The Kier molecular flexibility index (Phi) is 4.01. The molecule has 0 amide bonds. The lowest BCUT2D eigenvalue weighted by Gasteiger charge is -2.29. The standard InChI is InChI=1S/C18H15NO5S/c20-14-7-12(9-18(21)22)19(25-17-4-2-1-3-13(14)17)11-5-6-15-16(8-11)24-10-23-15/h1-6,8,12H,7,9-10H2,(H,21,22). The molecule has 1 unspecified atom stereocenters. The van der Waals surface area contributed by atoms with Gasteiger partial charge in [0.05, 0.1) is 18.2 Å². The molecule has 6 nitrogen and oxygen atoms in total. The van der Waals surface area contributed by atoms with Crippen LogP contribution < -0.4 is 13.8 Å². The maximum absolute atomic E-state index is 12.6. The van der Waals surface area contributed by atoms with E-state index in [4.69, 9.17) is 9.47 Å². The van der Waals surface area contributed by atoms with Crippen LogP contribution in [0.15, 0.2) is 47.4 Å². The minimum Gasteiger partial charge on any atom is -0.481 e. The minimum atomic E-state index is -0.935. The van der Waals surface area contributed by atoms with Crippen LogP contribution in [-0.4, -0.2) is 29.7 Å². The first-order chi connectivity index (χ1) is 12.1. The molecule has 0 aromatic heterocycles. The summed E-state index contributed by atoms with van der Waals surface area (Å²) in [6.45, 7) is 0.172. The van der Waals surface area contributed by atoms with Crippen molar-refractivity contribution in [1.29, 1.82) is 0 Å². The van der Waals surface area contributed by atoms with Crippen LogP contribution in [0, 0.1) is 0 Å². The minimum absolute atomic E-state index is 0.0439. The van der Waals surface area contributed by atoms with Crippen LogP contribution in [0.3, 0.4) is 0 Å². The smallest absolute Gasteiger partial charge is 0.305 e. The largest absolute Gasteiger partial charge is 0.481 e. The number of carboxylic acid groups (broad SMARTS) is 1. The first-order valence-electron chi connectivity index (χ1n) is 7.82. The predicted octanol–water partition coefficient (Wildman–Crippen LogP) is 3.36. The summed E-state index contributed by atoms with van der Waals surface area (Å²) >= 11 is 1.38. The SMILES string of the molecule is O=C(O)CC1CC(=O)c2ccccc2SN1c1ccc2c(c1)OCO2. The predicted molar refractivity (Wildman–Crippen MR) is 92.3 cm³/mol. The molecule has 2 heterocycles. The highest BCUT2D eigenvalue weighted by Gasteiger charge is 2.32. The van der Waals surface area contributed by atoms with Crippen LogP contribution in [0.5, 0.6) is 11.5 Å². The number of benzene rings is 2. The average Bonchev–Trinajstić information content (AvgIpc) is 3.01. The molecule has 4 rings (SSSR count). The van der Waals surface area contributed by atoms with Gasteiger partial charge in [-0.1, -0.05) is 18.2 Å². The molecule has 0 radical (unpaired) electrons. The second-order valence-electron chi connectivity index (χ2n) is 5.83. The zero-order valence-corrected chi connectivity index (χ0v) is 14.0. The second-order valence-corrected chi connectivity index (χ2v) is 6.85. The summed E-state index contributed by atoms with van der Waals surface area (Å²) in [6, 6.07) is 12.4. The molecule has 25 heavy (non-hydrogen) atoms. The van der Waals surface area contributed by atoms with Crippen molar-refractivity contribution in [2.45, 2.75) is 23.8 Å². The highest BCUT2D eigenvalue weighted by atomic mass is 32.2. The molecule has 2 aliphatic heterocycles. The van der Waals surface area contributed by atoms with Crippen molar-refractivity contribution in [1.82, 2.24) is 0 Å². The van der Waals surface area contributed by atoms with Crippen molar-refractivity contribution in [3.8, 4) is 11.5 Å². The number of Topliss-reactive ketones (excluding diaryl/α,β-unsaturated/α-hetero) is 1. The van der Waals surface area contributed by atoms with E-state index in [1.165, 1.54) is 11.9 Å². The molecule has 0 bridgehead atoms. The Morgan fingerprint density at radius 2 is 2.00 bits per heavy atom. The van der Waals surface area contributed by atoms with Gasteiger partial charge < -0.3 is 18.9 Å². The topological polar surface area (TPSA) is 76.1 Å². The molecule has 128 valence electrons. The fraction of sp³-hybridized carbons (Fsp3) is 0.222. The third-order valence-electron chi connectivity index (χ3n) is 4.16. The van der Waals surface area contributed by atoms with Crippen LogP contribution in [0.2, 0.25) is 0 Å². The molecule has 0 fully saturated rings. The lowest BCUT2D eigenvalue weighted by molar-refractivity contribution is -0.137. The van der Waals surface area contributed by atoms with Crippen LogP contribution in [-0.2, 0) is 4.79 Å². The van der Waals surface area contributed by atoms with Crippen molar-refractivity contribution >= 4 is 29.4 Å². The van der Waals surface area contributed by atoms with Crippen LogP contribution >= 0.6 is 11.9 Å². The number of carboxylic acids is 1. The Morgan fingerprint density at radius 3 is 2.84 bits per heavy atom. The zero-order valence-electron chi connectivity index (χ0n) is 13.2. The quantitative estimate of drug-likeness (QED) is 0.844. The van der Waals surface area contributed by atoms with Crippen LogP contribution in [0.4, 0.5) is 5.69 Å². The number of ketones is 1. The lowest BCUT2D eigenvalue weighted by Crippen LogP contribution is -2.32. The molecule has 0 spiro atoms. The number of nitrogens with zero attached hydrogens (tertiary/aromatic N) is 1. The number of ether oxygens (including phenoxy) is 2. The highest BCUT2D eigenvalue weighted by molar-refractivity contribution is 8.00. The maximum Gasteiger partial charge on any atom is 0.305 e. The van der Waals surface area contributed by atoms with E-state index < -0.39 is 12.0 Å². The Hall–Kier alpha value is -2.67. The zero-order chi connectivity index (χ0) is 17.4. The fourth-order valence-electron chi connectivity index (χ4n) is 3.01. The third-order valence-corrected chi connectivity index (χ3v) is 5.42. The number of rotatable bonds is 3. The van der Waals surface area contributed by atoms with Crippen molar-refractivity contribution in [2.24, 2.45) is 0 Å². The summed E-state index contributed by atoms with van der Waals surface area (Å²) in [7, 11) is 0. The fourth-order valence-corrected chi connectivity index (χ4v) is 4.16. The Labute approximate surface area is 148 Å². The molecule has 2 aromatic carbocycles. The summed E-state index contributed by atoms with van der Waals surface area (Å²) in [5.74, 6) is 0.304. The van der Waals surface area contributed by atoms with E-state index >= 15 is 0 Å². The van der Waals surface area contributed by atoms with E-state index in [1.807, 2.05) is 34.6 Å². The van der Waals surface area contributed by atoms with Gasteiger partial charge in [-0.25, -0.2) is 0 Å². The molecule has 0 saturated heterocycles. The van der Waals surface area contributed by atoms with E-state index in [2.05, 4.69) is 0 Å². The second kappa shape index (κ2) is 6.33. The Balaban J connectivity index is 1.76. The molecule has 0 saturated carbocycles. The molecule has 2 aliphatic rings. The monoisotopic (exact) mass is 357 g/mol. The first kappa shape index (κ1) is 15.8.